The molecule has 0 aromatic heterocycles. The van der Waals surface area contributed by atoms with Crippen LogP contribution in [0.15, 0.2) is 42.5 Å². The Kier molecular flexibility index (Phi) is 5.99. The van der Waals surface area contributed by atoms with Crippen molar-refractivity contribution in [2.45, 2.75) is 13.0 Å². The number of benzene rings is 2. The van der Waals surface area contributed by atoms with E-state index in [1.807, 2.05) is 0 Å². The van der Waals surface area contributed by atoms with Crippen molar-refractivity contribution in [1.82, 2.24) is 0 Å². The number of halogens is 1. The van der Waals surface area contributed by atoms with Gasteiger partial charge in [-0.1, -0.05) is 23.7 Å². The molecule has 0 aliphatic carbocycles. The summed E-state index contributed by atoms with van der Waals surface area (Å²) in [7, 11) is -3.61. The van der Waals surface area contributed by atoms with Gasteiger partial charge < -0.3 is 14.8 Å². The van der Waals surface area contributed by atoms with Crippen LogP contribution >= 0.6 is 11.6 Å². The number of esters is 1. The number of para-hydroxylation sites is 2. The third-order valence-electron chi connectivity index (χ3n) is 4.16. The first-order valence-corrected chi connectivity index (χ1v) is 10.9. The lowest BCUT2D eigenvalue weighted by Gasteiger charge is -2.33. The minimum atomic E-state index is -3.61. The molecule has 154 valence electrons. The molecule has 0 bridgehead atoms. The van der Waals surface area contributed by atoms with Crippen molar-refractivity contribution in [1.29, 1.82) is 0 Å². The van der Waals surface area contributed by atoms with Crippen LogP contribution in [0, 0.1) is 0 Å². The summed E-state index contributed by atoms with van der Waals surface area (Å²) in [6.45, 7) is 1.67. The van der Waals surface area contributed by atoms with E-state index in [0.717, 1.165) is 10.6 Å². The molecule has 10 heteroatoms. The number of nitrogens with one attached hydrogen (secondary N) is 1. The number of hydrogen-bond acceptors (Lipinski definition) is 6. The molecule has 1 atom stereocenters. The molecule has 1 aliphatic rings. The van der Waals surface area contributed by atoms with Crippen LogP contribution in [0.3, 0.4) is 0 Å². The molecule has 1 amide bonds. The number of ether oxygens (including phenoxy) is 2. The lowest BCUT2D eigenvalue weighted by Crippen LogP contribution is -2.48. The largest absolute Gasteiger partial charge is 0.476 e. The molecule has 2 aromatic rings. The number of nitrogens with zero attached hydrogens (tertiary/aromatic N) is 1. The molecule has 0 saturated carbocycles. The Labute approximate surface area is 173 Å². The second-order valence-electron chi connectivity index (χ2n) is 6.27. The van der Waals surface area contributed by atoms with Crippen molar-refractivity contribution >= 4 is 44.9 Å². The summed E-state index contributed by atoms with van der Waals surface area (Å²) < 4.78 is 36.1. The zero-order valence-corrected chi connectivity index (χ0v) is 17.3. The molecule has 1 N–H and O–H groups in total. The third-order valence-corrected chi connectivity index (χ3v) is 5.63. The Bertz CT molecular complexity index is 1060. The van der Waals surface area contributed by atoms with Crippen molar-refractivity contribution in [3.8, 4) is 5.75 Å². The highest BCUT2D eigenvalue weighted by Crippen LogP contribution is 2.34. The van der Waals surface area contributed by atoms with Gasteiger partial charge in [0.25, 0.3) is 5.91 Å². The quantitative estimate of drug-likeness (QED) is 0.720. The van der Waals surface area contributed by atoms with Crippen LogP contribution in [0.5, 0.6) is 5.75 Å². The van der Waals surface area contributed by atoms with Gasteiger partial charge in [-0.15, -0.1) is 0 Å². The molecule has 2 aromatic carbocycles. The first kappa shape index (κ1) is 20.9. The minimum absolute atomic E-state index is 0.110. The van der Waals surface area contributed by atoms with Crippen molar-refractivity contribution < 1.29 is 27.5 Å². The molecular weight excluding hydrogens is 420 g/mol. The molecule has 0 unspecified atom stereocenters. The van der Waals surface area contributed by atoms with Crippen LogP contribution < -0.4 is 14.4 Å². The van der Waals surface area contributed by atoms with Crippen LogP contribution in [0.2, 0.25) is 5.02 Å². The lowest BCUT2D eigenvalue weighted by molar-refractivity contribution is -0.122. The molecule has 3 rings (SSSR count). The van der Waals surface area contributed by atoms with Gasteiger partial charge in [0, 0.05) is 5.69 Å². The van der Waals surface area contributed by atoms with Gasteiger partial charge >= 0.3 is 5.97 Å². The van der Waals surface area contributed by atoms with E-state index in [4.69, 9.17) is 21.1 Å². The van der Waals surface area contributed by atoms with Gasteiger partial charge in [-0.05, 0) is 37.3 Å². The van der Waals surface area contributed by atoms with E-state index >= 15 is 0 Å². The number of anilines is 2. The Morgan fingerprint density at radius 1 is 1.28 bits per heavy atom. The summed E-state index contributed by atoms with van der Waals surface area (Å²) in [6, 6.07) is 10.9. The van der Waals surface area contributed by atoms with Gasteiger partial charge in [-0.2, -0.15) is 0 Å². The topological polar surface area (TPSA) is 102 Å². The first-order valence-electron chi connectivity index (χ1n) is 8.71. The summed E-state index contributed by atoms with van der Waals surface area (Å²) in [5.74, 6) is -0.891. The average molecular weight is 439 g/mol. The minimum Gasteiger partial charge on any atom is -0.476 e. The number of carbonyl (C=O) groups is 2. The Morgan fingerprint density at radius 2 is 2.00 bits per heavy atom. The number of rotatable bonds is 5. The van der Waals surface area contributed by atoms with Gasteiger partial charge in [0.2, 0.25) is 10.0 Å². The maximum absolute atomic E-state index is 12.7. The van der Waals surface area contributed by atoms with E-state index in [2.05, 4.69) is 5.32 Å². The maximum Gasteiger partial charge on any atom is 0.339 e. The molecule has 1 aliphatic heterocycles. The molecule has 0 fully saturated rings. The van der Waals surface area contributed by atoms with E-state index < -0.39 is 28.0 Å². The standard InChI is InChI=1S/C19H19ClN2O6S/c1-3-27-19(24)13-10-12(8-9-14(13)20)21-18(23)17-11-22(29(2,25)26)15-6-4-5-7-16(15)28-17/h4-10,17H,3,11H2,1-2H3,(H,21,23)/t17-/m1/s1. The van der Waals surface area contributed by atoms with Gasteiger partial charge in [0.1, 0.15) is 5.75 Å². The van der Waals surface area contributed by atoms with E-state index in [-0.39, 0.29) is 29.5 Å². The highest BCUT2D eigenvalue weighted by Gasteiger charge is 2.35. The number of fused-ring (bicyclic) bond motifs is 1. The Morgan fingerprint density at radius 3 is 2.69 bits per heavy atom. The summed E-state index contributed by atoms with van der Waals surface area (Å²) >= 11 is 6.03. The highest BCUT2D eigenvalue weighted by molar-refractivity contribution is 7.92. The number of carbonyl (C=O) groups excluding carboxylic acids is 2. The van der Waals surface area contributed by atoms with Gasteiger partial charge in [-0.25, -0.2) is 13.2 Å². The fourth-order valence-corrected chi connectivity index (χ4v) is 3.95. The van der Waals surface area contributed by atoms with Gasteiger partial charge in [0.05, 0.1) is 35.7 Å². The summed E-state index contributed by atoms with van der Waals surface area (Å²) in [5.41, 5.74) is 0.782. The van der Waals surface area contributed by atoms with Crippen LogP contribution in [0.25, 0.3) is 0 Å². The zero-order chi connectivity index (χ0) is 21.2. The monoisotopic (exact) mass is 438 g/mol. The van der Waals surface area contributed by atoms with Crippen molar-refractivity contribution in [2.24, 2.45) is 0 Å². The maximum atomic E-state index is 12.7. The molecular formula is C19H19ClN2O6S. The zero-order valence-electron chi connectivity index (χ0n) is 15.7. The molecule has 0 radical (unpaired) electrons. The van der Waals surface area contributed by atoms with E-state index in [1.165, 1.54) is 18.2 Å². The van der Waals surface area contributed by atoms with Crippen LogP contribution in [0.1, 0.15) is 17.3 Å². The smallest absolute Gasteiger partial charge is 0.339 e. The molecule has 1 heterocycles. The average Bonchev–Trinajstić information content (AvgIpc) is 2.68. The predicted molar refractivity (Wildman–Crippen MR) is 109 cm³/mol. The molecule has 0 spiro atoms. The van der Waals surface area contributed by atoms with E-state index in [1.54, 1.807) is 31.2 Å². The normalized spacial score (nSPS) is 15.8. The lowest BCUT2D eigenvalue weighted by atomic mass is 10.2. The third kappa shape index (κ3) is 4.63. The first-order chi connectivity index (χ1) is 13.7. The number of hydrogen-bond donors (Lipinski definition) is 1. The van der Waals surface area contributed by atoms with Crippen molar-refractivity contribution in [3.63, 3.8) is 0 Å². The van der Waals surface area contributed by atoms with Gasteiger partial charge in [-0.3, -0.25) is 9.10 Å². The Hall–Kier alpha value is -2.78. The predicted octanol–water partition coefficient (Wildman–Crippen LogP) is 2.68. The highest BCUT2D eigenvalue weighted by atomic mass is 35.5. The fourth-order valence-electron chi connectivity index (χ4n) is 2.84. The van der Waals surface area contributed by atoms with Crippen molar-refractivity contribution in [3.05, 3.63) is 53.1 Å². The number of amides is 1. The van der Waals surface area contributed by atoms with Crippen LogP contribution in [-0.4, -0.2) is 45.8 Å². The van der Waals surface area contributed by atoms with Crippen LogP contribution in [0.4, 0.5) is 11.4 Å². The summed E-state index contributed by atoms with van der Waals surface area (Å²) in [6.07, 6.45) is -0.0177. The number of sulfonamides is 1. The summed E-state index contributed by atoms with van der Waals surface area (Å²) in [5, 5.41) is 2.81. The van der Waals surface area contributed by atoms with E-state index in [0.29, 0.717) is 11.4 Å². The van der Waals surface area contributed by atoms with Gasteiger partial charge in [0.15, 0.2) is 6.10 Å². The van der Waals surface area contributed by atoms with Crippen molar-refractivity contribution in [2.75, 3.05) is 29.0 Å². The summed E-state index contributed by atoms with van der Waals surface area (Å²) in [4.78, 5) is 24.7. The van der Waals surface area contributed by atoms with E-state index in [9.17, 15) is 18.0 Å². The molecule has 29 heavy (non-hydrogen) atoms. The second kappa shape index (κ2) is 8.30. The van der Waals surface area contributed by atoms with Crippen LogP contribution in [-0.2, 0) is 19.6 Å². The Balaban J connectivity index is 1.83. The molecule has 8 nitrogen and oxygen atoms in total. The second-order valence-corrected chi connectivity index (χ2v) is 8.59. The molecule has 0 saturated heterocycles. The fraction of sp³-hybridized carbons (Fsp3) is 0.263. The SMILES string of the molecule is CCOC(=O)c1cc(NC(=O)[C@H]2CN(S(C)(=O)=O)c3ccccc3O2)ccc1Cl.